The Bertz CT molecular complexity index is 1060. The van der Waals surface area contributed by atoms with Gasteiger partial charge >= 0.3 is 6.01 Å². The highest BCUT2D eigenvalue weighted by atomic mass is 79.9. The van der Waals surface area contributed by atoms with Crippen molar-refractivity contribution in [2.75, 3.05) is 5.32 Å². The van der Waals surface area contributed by atoms with Gasteiger partial charge < -0.3 is 9.15 Å². The smallest absolute Gasteiger partial charge is 0.322 e. The fourth-order valence-corrected chi connectivity index (χ4v) is 3.58. The number of thiophene rings is 1. The summed E-state index contributed by atoms with van der Waals surface area (Å²) in [6.07, 6.45) is 0. The second-order valence-electron chi connectivity index (χ2n) is 5.41. The van der Waals surface area contributed by atoms with Crippen molar-refractivity contribution in [3.05, 3.63) is 76.1 Å². The van der Waals surface area contributed by atoms with E-state index in [0.717, 1.165) is 14.4 Å². The van der Waals surface area contributed by atoms with E-state index in [1.165, 1.54) is 11.3 Å². The van der Waals surface area contributed by atoms with Crippen molar-refractivity contribution >= 4 is 39.2 Å². The van der Waals surface area contributed by atoms with Crippen LogP contribution in [0.3, 0.4) is 0 Å². The third-order valence-electron chi connectivity index (χ3n) is 3.52. The highest BCUT2D eigenvalue weighted by Crippen LogP contribution is 2.31. The summed E-state index contributed by atoms with van der Waals surface area (Å²) in [5.41, 5.74) is 0.453. The first-order valence-electron chi connectivity index (χ1n) is 7.91. The number of carbonyl (C=O) groups excluding carboxylic acids is 1. The lowest BCUT2D eigenvalue weighted by Crippen LogP contribution is -2.11. The predicted molar refractivity (Wildman–Crippen MR) is 106 cm³/mol. The number of rotatable bonds is 5. The average Bonchev–Trinajstić information content (AvgIpc) is 3.32. The van der Waals surface area contributed by atoms with Gasteiger partial charge in [-0.1, -0.05) is 23.3 Å². The second kappa shape index (κ2) is 7.73. The maximum Gasteiger partial charge on any atom is 0.322 e. The number of halogens is 1. The molecule has 2 aromatic carbocycles. The van der Waals surface area contributed by atoms with Gasteiger partial charge in [-0.15, -0.1) is 16.4 Å². The second-order valence-corrected chi connectivity index (χ2v) is 7.87. The van der Waals surface area contributed by atoms with E-state index in [9.17, 15) is 4.79 Å². The minimum atomic E-state index is -0.344. The summed E-state index contributed by atoms with van der Waals surface area (Å²) in [5.74, 6) is 1.38. The predicted octanol–water partition coefficient (Wildman–Crippen LogP) is 5.61. The third kappa shape index (κ3) is 4.24. The lowest BCUT2D eigenvalue weighted by molar-refractivity contribution is 0.102. The zero-order valence-corrected chi connectivity index (χ0v) is 16.2. The summed E-state index contributed by atoms with van der Waals surface area (Å²) in [7, 11) is 0. The fraction of sp³-hybridized carbons (Fsp3) is 0. The molecule has 2 aromatic heterocycles. The van der Waals surface area contributed by atoms with E-state index in [1.54, 1.807) is 24.3 Å². The molecule has 1 amide bonds. The first-order valence-corrected chi connectivity index (χ1v) is 9.52. The van der Waals surface area contributed by atoms with Crippen molar-refractivity contribution in [1.82, 2.24) is 10.2 Å². The molecule has 0 radical (unpaired) electrons. The number of hydrogen-bond acceptors (Lipinski definition) is 6. The maximum absolute atomic E-state index is 12.3. The van der Waals surface area contributed by atoms with Crippen LogP contribution >= 0.6 is 27.3 Å². The SMILES string of the molecule is O=C(Nc1nnc(-c2ccc(Br)s2)o1)c1ccc(Oc2ccccc2)cc1. The van der Waals surface area contributed by atoms with Crippen LogP contribution in [0.4, 0.5) is 6.01 Å². The van der Waals surface area contributed by atoms with E-state index in [2.05, 4.69) is 31.4 Å². The van der Waals surface area contributed by atoms with Crippen molar-refractivity contribution in [3.63, 3.8) is 0 Å². The van der Waals surface area contributed by atoms with E-state index in [1.807, 2.05) is 42.5 Å². The molecular formula is C19H12BrN3O3S. The Morgan fingerprint density at radius 2 is 1.70 bits per heavy atom. The van der Waals surface area contributed by atoms with E-state index in [-0.39, 0.29) is 11.9 Å². The topological polar surface area (TPSA) is 77.3 Å². The number of anilines is 1. The summed E-state index contributed by atoms with van der Waals surface area (Å²) in [6, 6.07) is 20.0. The molecule has 4 rings (SSSR count). The van der Waals surface area contributed by atoms with E-state index < -0.39 is 0 Å². The van der Waals surface area contributed by atoms with Crippen molar-refractivity contribution in [2.45, 2.75) is 0 Å². The maximum atomic E-state index is 12.3. The monoisotopic (exact) mass is 441 g/mol. The molecule has 0 aliphatic rings. The molecule has 1 N–H and O–H groups in total. The number of aromatic nitrogens is 2. The molecule has 134 valence electrons. The number of nitrogens with one attached hydrogen (secondary N) is 1. The van der Waals surface area contributed by atoms with E-state index in [0.29, 0.717) is 17.2 Å². The zero-order chi connectivity index (χ0) is 18.6. The molecule has 8 heteroatoms. The summed E-state index contributed by atoms with van der Waals surface area (Å²) in [4.78, 5) is 13.2. The van der Waals surface area contributed by atoms with Gasteiger partial charge in [0, 0.05) is 5.56 Å². The lowest BCUT2D eigenvalue weighted by atomic mass is 10.2. The third-order valence-corrected chi connectivity index (χ3v) is 5.14. The van der Waals surface area contributed by atoms with Gasteiger partial charge in [-0.2, -0.15) is 0 Å². The van der Waals surface area contributed by atoms with Crippen LogP contribution in [0.15, 0.2) is 74.9 Å². The van der Waals surface area contributed by atoms with Crippen LogP contribution in [-0.2, 0) is 0 Å². The van der Waals surface area contributed by atoms with Gasteiger partial charge in [-0.25, -0.2) is 0 Å². The van der Waals surface area contributed by atoms with Crippen LogP contribution in [0.2, 0.25) is 0 Å². The Labute approximate surface area is 167 Å². The van der Waals surface area contributed by atoms with Crippen LogP contribution in [0.25, 0.3) is 10.8 Å². The molecule has 0 saturated heterocycles. The lowest BCUT2D eigenvalue weighted by Gasteiger charge is -2.06. The molecular weight excluding hydrogens is 430 g/mol. The molecule has 0 aliphatic carbocycles. The Balaban J connectivity index is 1.42. The van der Waals surface area contributed by atoms with Crippen molar-refractivity contribution in [2.24, 2.45) is 0 Å². The van der Waals surface area contributed by atoms with Crippen LogP contribution in [0.5, 0.6) is 11.5 Å². The Morgan fingerprint density at radius 3 is 2.41 bits per heavy atom. The molecule has 6 nitrogen and oxygen atoms in total. The molecule has 4 aromatic rings. The number of carbonyl (C=O) groups is 1. The molecule has 2 heterocycles. The fourth-order valence-electron chi connectivity index (χ4n) is 2.27. The minimum Gasteiger partial charge on any atom is -0.457 e. The first kappa shape index (κ1) is 17.4. The summed E-state index contributed by atoms with van der Waals surface area (Å²) in [5, 5.41) is 10.4. The van der Waals surface area contributed by atoms with Gasteiger partial charge in [0.2, 0.25) is 0 Å². The summed E-state index contributed by atoms with van der Waals surface area (Å²) in [6.45, 7) is 0. The molecule has 0 unspecified atom stereocenters. The van der Waals surface area contributed by atoms with E-state index >= 15 is 0 Å². The van der Waals surface area contributed by atoms with Crippen LogP contribution in [0.1, 0.15) is 10.4 Å². The quantitative estimate of drug-likeness (QED) is 0.435. The van der Waals surface area contributed by atoms with Crippen molar-refractivity contribution in [3.8, 4) is 22.3 Å². The Morgan fingerprint density at radius 1 is 0.963 bits per heavy atom. The van der Waals surface area contributed by atoms with Crippen LogP contribution < -0.4 is 10.1 Å². The number of benzene rings is 2. The van der Waals surface area contributed by atoms with E-state index in [4.69, 9.17) is 9.15 Å². The van der Waals surface area contributed by atoms with Crippen LogP contribution in [0, 0.1) is 0 Å². The van der Waals surface area contributed by atoms with Gasteiger partial charge in [0.15, 0.2) is 0 Å². The zero-order valence-electron chi connectivity index (χ0n) is 13.8. The summed E-state index contributed by atoms with van der Waals surface area (Å²) < 4.78 is 12.2. The van der Waals surface area contributed by atoms with Gasteiger partial charge in [-0.05, 0) is 64.5 Å². The highest BCUT2D eigenvalue weighted by Gasteiger charge is 2.14. The summed E-state index contributed by atoms with van der Waals surface area (Å²) >= 11 is 4.85. The average molecular weight is 442 g/mol. The Hall–Kier alpha value is -2.97. The number of hydrogen-bond donors (Lipinski definition) is 1. The molecule has 27 heavy (non-hydrogen) atoms. The molecule has 0 atom stereocenters. The van der Waals surface area contributed by atoms with Crippen LogP contribution in [-0.4, -0.2) is 16.1 Å². The van der Waals surface area contributed by atoms with Gasteiger partial charge in [0.25, 0.3) is 11.8 Å². The number of amides is 1. The number of para-hydroxylation sites is 1. The highest BCUT2D eigenvalue weighted by molar-refractivity contribution is 9.11. The van der Waals surface area contributed by atoms with Gasteiger partial charge in [0.1, 0.15) is 11.5 Å². The Kier molecular flexibility index (Phi) is 4.99. The molecule has 0 fully saturated rings. The minimum absolute atomic E-state index is 0.0455. The molecule has 0 aliphatic heterocycles. The standard InChI is InChI=1S/C19H12BrN3O3S/c20-16-11-10-15(27-16)18-22-23-19(26-18)21-17(24)12-6-8-14(9-7-12)25-13-4-2-1-3-5-13/h1-11H,(H,21,23,24). The van der Waals surface area contributed by atoms with Crippen molar-refractivity contribution < 1.29 is 13.9 Å². The number of nitrogens with zero attached hydrogens (tertiary/aromatic N) is 2. The molecule has 0 spiro atoms. The normalized spacial score (nSPS) is 10.6. The van der Waals surface area contributed by atoms with Crippen molar-refractivity contribution in [1.29, 1.82) is 0 Å². The first-order chi connectivity index (χ1) is 13.2. The van der Waals surface area contributed by atoms with Gasteiger partial charge in [0.05, 0.1) is 8.66 Å². The number of ether oxygens (including phenoxy) is 1. The largest absolute Gasteiger partial charge is 0.457 e. The molecule has 0 bridgehead atoms. The van der Waals surface area contributed by atoms with Gasteiger partial charge in [-0.3, -0.25) is 10.1 Å². The molecule has 0 saturated carbocycles.